The number of nitrogens with one attached hydrogen (secondary N) is 1. The van der Waals surface area contributed by atoms with Crippen LogP contribution in [0, 0.1) is 0 Å². The highest BCUT2D eigenvalue weighted by molar-refractivity contribution is 6.32. The molecule has 0 unspecified atom stereocenters. The SMILES string of the molecule is Bc1cccc(C(=O)NC)c1. The molecule has 1 rings (SSSR count). The van der Waals surface area contributed by atoms with E-state index >= 15 is 0 Å². The van der Waals surface area contributed by atoms with Gasteiger partial charge in [0, 0.05) is 12.6 Å². The first-order valence-corrected chi connectivity index (χ1v) is 3.53. The Balaban J connectivity index is 2.96. The van der Waals surface area contributed by atoms with Gasteiger partial charge in [0.2, 0.25) is 0 Å². The molecule has 0 aromatic heterocycles. The summed E-state index contributed by atoms with van der Waals surface area (Å²) in [7, 11) is 3.59. The average molecular weight is 147 g/mol. The Bertz CT molecular complexity index is 273. The van der Waals surface area contributed by atoms with Crippen molar-refractivity contribution in [3.05, 3.63) is 29.8 Å². The normalized spacial score (nSPS) is 9.18. The van der Waals surface area contributed by atoms with Crippen molar-refractivity contribution in [2.24, 2.45) is 0 Å². The highest BCUT2D eigenvalue weighted by atomic mass is 16.1. The Labute approximate surface area is 67.0 Å². The van der Waals surface area contributed by atoms with Gasteiger partial charge in [-0.15, -0.1) is 0 Å². The standard InChI is InChI=1S/C8H10BNO/c1-10-8(11)6-3-2-4-7(9)5-6/h2-5H,9H2,1H3,(H,10,11). The van der Waals surface area contributed by atoms with Gasteiger partial charge in [0.25, 0.3) is 5.91 Å². The lowest BCUT2D eigenvalue weighted by atomic mass is 9.94. The van der Waals surface area contributed by atoms with Gasteiger partial charge < -0.3 is 5.32 Å². The lowest BCUT2D eigenvalue weighted by Crippen LogP contribution is -2.19. The van der Waals surface area contributed by atoms with E-state index in [9.17, 15) is 4.79 Å². The van der Waals surface area contributed by atoms with Crippen LogP contribution in [0.5, 0.6) is 0 Å². The summed E-state index contributed by atoms with van der Waals surface area (Å²) in [6.07, 6.45) is 0. The number of carbonyl (C=O) groups excluding carboxylic acids is 1. The summed E-state index contributed by atoms with van der Waals surface area (Å²) in [5.41, 5.74) is 1.82. The Morgan fingerprint density at radius 3 is 2.82 bits per heavy atom. The number of hydrogen-bond acceptors (Lipinski definition) is 1. The van der Waals surface area contributed by atoms with E-state index in [-0.39, 0.29) is 5.91 Å². The van der Waals surface area contributed by atoms with Crippen LogP contribution in [0.15, 0.2) is 24.3 Å². The van der Waals surface area contributed by atoms with Crippen LogP contribution in [0.4, 0.5) is 0 Å². The van der Waals surface area contributed by atoms with Crippen LogP contribution in [0.1, 0.15) is 10.4 Å². The molecule has 3 heteroatoms. The summed E-state index contributed by atoms with van der Waals surface area (Å²) in [6.45, 7) is 0. The van der Waals surface area contributed by atoms with Gasteiger partial charge in [-0.3, -0.25) is 4.79 Å². The fraction of sp³-hybridized carbons (Fsp3) is 0.125. The second kappa shape index (κ2) is 3.24. The van der Waals surface area contributed by atoms with Gasteiger partial charge in [0.1, 0.15) is 7.85 Å². The minimum absolute atomic E-state index is 0.0336. The predicted molar refractivity (Wildman–Crippen MR) is 48.0 cm³/mol. The maximum absolute atomic E-state index is 11.1. The van der Waals surface area contributed by atoms with Crippen LogP contribution in [0.25, 0.3) is 0 Å². The molecule has 1 amide bonds. The van der Waals surface area contributed by atoms with Gasteiger partial charge in [0.05, 0.1) is 0 Å². The van der Waals surface area contributed by atoms with Crippen molar-refractivity contribution < 1.29 is 4.79 Å². The van der Waals surface area contributed by atoms with E-state index < -0.39 is 0 Å². The molecule has 0 aliphatic rings. The van der Waals surface area contributed by atoms with Gasteiger partial charge in [-0.2, -0.15) is 0 Å². The molecule has 0 radical (unpaired) electrons. The maximum atomic E-state index is 11.1. The van der Waals surface area contributed by atoms with Crippen molar-refractivity contribution in [1.29, 1.82) is 0 Å². The van der Waals surface area contributed by atoms with Gasteiger partial charge in [-0.1, -0.05) is 23.7 Å². The molecule has 0 saturated carbocycles. The first kappa shape index (κ1) is 7.86. The second-order valence-corrected chi connectivity index (χ2v) is 2.45. The minimum atomic E-state index is -0.0336. The van der Waals surface area contributed by atoms with E-state index in [0.29, 0.717) is 5.56 Å². The van der Waals surface area contributed by atoms with Crippen LogP contribution in [0.2, 0.25) is 0 Å². The smallest absolute Gasteiger partial charge is 0.250 e. The molecule has 0 bridgehead atoms. The minimum Gasteiger partial charge on any atom is -0.355 e. The van der Waals surface area contributed by atoms with Crippen LogP contribution >= 0.6 is 0 Å². The van der Waals surface area contributed by atoms with Gasteiger partial charge in [-0.05, 0) is 6.07 Å². The molecule has 1 aromatic carbocycles. The zero-order chi connectivity index (χ0) is 8.27. The Morgan fingerprint density at radius 1 is 1.55 bits per heavy atom. The first-order chi connectivity index (χ1) is 5.24. The third-order valence-electron chi connectivity index (χ3n) is 1.51. The molecule has 11 heavy (non-hydrogen) atoms. The third kappa shape index (κ3) is 1.83. The lowest BCUT2D eigenvalue weighted by molar-refractivity contribution is 0.0963. The number of hydrogen-bond donors (Lipinski definition) is 1. The van der Waals surface area contributed by atoms with E-state index in [1.165, 1.54) is 0 Å². The maximum Gasteiger partial charge on any atom is 0.250 e. The van der Waals surface area contributed by atoms with E-state index in [4.69, 9.17) is 0 Å². The van der Waals surface area contributed by atoms with Crippen molar-refractivity contribution >= 4 is 19.2 Å². The topological polar surface area (TPSA) is 29.1 Å². The van der Waals surface area contributed by atoms with Crippen molar-refractivity contribution in [3.8, 4) is 0 Å². The summed E-state index contributed by atoms with van der Waals surface area (Å²) >= 11 is 0. The molecule has 0 aliphatic heterocycles. The number of benzene rings is 1. The Hall–Kier alpha value is -1.25. The Morgan fingerprint density at radius 2 is 2.27 bits per heavy atom. The molecule has 0 saturated heterocycles. The van der Waals surface area contributed by atoms with Crippen LogP contribution in [-0.2, 0) is 0 Å². The fourth-order valence-electron chi connectivity index (χ4n) is 0.931. The second-order valence-electron chi connectivity index (χ2n) is 2.45. The average Bonchev–Trinajstić information content (AvgIpc) is 2.03. The molecule has 0 aliphatic carbocycles. The molecule has 1 aromatic rings. The predicted octanol–water partition coefficient (Wildman–Crippen LogP) is -0.695. The summed E-state index contributed by atoms with van der Waals surface area (Å²) in [4.78, 5) is 11.1. The van der Waals surface area contributed by atoms with E-state index in [1.807, 2.05) is 26.0 Å². The van der Waals surface area contributed by atoms with Crippen LogP contribution in [-0.4, -0.2) is 20.8 Å². The number of carbonyl (C=O) groups is 1. The van der Waals surface area contributed by atoms with Crippen molar-refractivity contribution in [1.82, 2.24) is 5.32 Å². The summed E-state index contributed by atoms with van der Waals surface area (Å²) in [5.74, 6) is -0.0336. The van der Waals surface area contributed by atoms with E-state index in [1.54, 1.807) is 13.1 Å². The third-order valence-corrected chi connectivity index (χ3v) is 1.51. The molecule has 0 fully saturated rings. The molecular formula is C8H10BNO. The van der Waals surface area contributed by atoms with E-state index in [0.717, 1.165) is 5.46 Å². The highest BCUT2D eigenvalue weighted by Gasteiger charge is 2.00. The highest BCUT2D eigenvalue weighted by Crippen LogP contribution is 1.94. The molecule has 0 heterocycles. The van der Waals surface area contributed by atoms with Gasteiger partial charge in [0.15, 0.2) is 0 Å². The lowest BCUT2D eigenvalue weighted by Gasteiger charge is -1.99. The molecule has 2 nitrogen and oxygen atoms in total. The largest absolute Gasteiger partial charge is 0.355 e. The molecule has 0 atom stereocenters. The molecule has 1 N–H and O–H groups in total. The van der Waals surface area contributed by atoms with E-state index in [2.05, 4.69) is 5.32 Å². The molecule has 0 spiro atoms. The summed E-state index contributed by atoms with van der Waals surface area (Å²) in [5, 5.41) is 2.57. The quantitative estimate of drug-likeness (QED) is 0.523. The number of amides is 1. The zero-order valence-electron chi connectivity index (χ0n) is 6.72. The van der Waals surface area contributed by atoms with Crippen LogP contribution < -0.4 is 10.8 Å². The molecule has 56 valence electrons. The Kier molecular flexibility index (Phi) is 2.31. The van der Waals surface area contributed by atoms with Crippen LogP contribution in [0.3, 0.4) is 0 Å². The van der Waals surface area contributed by atoms with Crippen molar-refractivity contribution in [2.45, 2.75) is 0 Å². The zero-order valence-corrected chi connectivity index (χ0v) is 6.72. The first-order valence-electron chi connectivity index (χ1n) is 3.53. The summed E-state index contributed by atoms with van der Waals surface area (Å²) < 4.78 is 0. The van der Waals surface area contributed by atoms with Crippen molar-refractivity contribution in [2.75, 3.05) is 7.05 Å². The monoisotopic (exact) mass is 147 g/mol. The fourth-order valence-corrected chi connectivity index (χ4v) is 0.931. The van der Waals surface area contributed by atoms with Gasteiger partial charge >= 0.3 is 0 Å². The van der Waals surface area contributed by atoms with Gasteiger partial charge in [-0.25, -0.2) is 0 Å². The number of rotatable bonds is 1. The summed E-state index contributed by atoms with van der Waals surface area (Å²) in [6, 6.07) is 7.50. The van der Waals surface area contributed by atoms with Crippen molar-refractivity contribution in [3.63, 3.8) is 0 Å². The molecular weight excluding hydrogens is 137 g/mol.